The summed E-state index contributed by atoms with van der Waals surface area (Å²) in [5.74, 6) is 0.647. The zero-order chi connectivity index (χ0) is 16.1. The average Bonchev–Trinajstić information content (AvgIpc) is 3.26. The molecule has 1 heterocycles. The number of amides is 1. The Labute approximate surface area is 137 Å². The lowest BCUT2D eigenvalue weighted by atomic mass is 10.0. The molecule has 1 atom stereocenters. The smallest absolute Gasteiger partial charge is 0.234 e. The third-order valence-corrected chi connectivity index (χ3v) is 4.21. The lowest BCUT2D eigenvalue weighted by molar-refractivity contribution is -0.121. The number of hydrogen-bond donors (Lipinski definition) is 2. The zero-order valence-corrected chi connectivity index (χ0v) is 13.5. The summed E-state index contributed by atoms with van der Waals surface area (Å²) < 4.78 is 1.85. The molecule has 23 heavy (non-hydrogen) atoms. The molecule has 1 aromatic carbocycles. The predicted octanol–water partition coefficient (Wildman–Crippen LogP) is 2.05. The van der Waals surface area contributed by atoms with E-state index in [1.54, 1.807) is 6.20 Å². The molecule has 5 heteroatoms. The Bertz CT molecular complexity index is 617. The molecule has 122 valence electrons. The van der Waals surface area contributed by atoms with E-state index in [0.717, 1.165) is 13.1 Å². The number of aromatic nitrogens is 2. The Morgan fingerprint density at radius 2 is 2.13 bits per heavy atom. The first-order valence-electron chi connectivity index (χ1n) is 8.26. The van der Waals surface area contributed by atoms with Crippen molar-refractivity contribution in [1.82, 2.24) is 20.4 Å². The predicted molar refractivity (Wildman–Crippen MR) is 89.9 cm³/mol. The molecule has 0 aliphatic heterocycles. The van der Waals surface area contributed by atoms with Gasteiger partial charge in [0.25, 0.3) is 0 Å². The molecule has 5 nitrogen and oxygen atoms in total. The van der Waals surface area contributed by atoms with Gasteiger partial charge in [0.05, 0.1) is 19.1 Å². The summed E-state index contributed by atoms with van der Waals surface area (Å²) in [4.78, 5) is 12.2. The molecule has 1 amide bonds. The highest BCUT2D eigenvalue weighted by atomic mass is 16.2. The standard InChI is InChI=1S/C18H24N4O/c1-14-3-5-15(6-4-14)18(16-7-8-16)21-17(23)13-19-10-12-22-11-2-9-20-22/h2-6,9,11,16,18-19H,7-8,10,12-13H2,1H3,(H,21,23)/t18-/m1/s1. The van der Waals surface area contributed by atoms with E-state index in [2.05, 4.69) is 46.9 Å². The molecule has 3 rings (SSSR count). The highest BCUT2D eigenvalue weighted by Gasteiger charge is 2.33. The first-order valence-corrected chi connectivity index (χ1v) is 8.26. The van der Waals surface area contributed by atoms with E-state index in [9.17, 15) is 4.79 Å². The maximum absolute atomic E-state index is 12.2. The molecule has 1 fully saturated rings. The molecule has 1 aliphatic carbocycles. The van der Waals surface area contributed by atoms with E-state index in [1.165, 1.54) is 24.0 Å². The normalized spacial score (nSPS) is 15.3. The van der Waals surface area contributed by atoms with Crippen molar-refractivity contribution in [2.75, 3.05) is 13.1 Å². The Hall–Kier alpha value is -2.14. The van der Waals surface area contributed by atoms with E-state index in [1.807, 2.05) is 16.9 Å². The van der Waals surface area contributed by atoms with Crippen LogP contribution >= 0.6 is 0 Å². The highest BCUT2D eigenvalue weighted by molar-refractivity contribution is 5.78. The van der Waals surface area contributed by atoms with Gasteiger partial charge in [0, 0.05) is 18.9 Å². The van der Waals surface area contributed by atoms with Crippen molar-refractivity contribution in [3.63, 3.8) is 0 Å². The minimum Gasteiger partial charge on any atom is -0.348 e. The molecular formula is C18H24N4O. The van der Waals surface area contributed by atoms with Crippen LogP contribution in [0, 0.1) is 12.8 Å². The van der Waals surface area contributed by atoms with E-state index in [0.29, 0.717) is 12.5 Å². The lowest BCUT2D eigenvalue weighted by Gasteiger charge is -2.19. The summed E-state index contributed by atoms with van der Waals surface area (Å²) in [6.45, 7) is 3.92. The molecule has 1 aliphatic rings. The quantitative estimate of drug-likeness (QED) is 0.734. The summed E-state index contributed by atoms with van der Waals surface area (Å²) in [5, 5.41) is 10.5. The van der Waals surface area contributed by atoms with Gasteiger partial charge in [-0.1, -0.05) is 29.8 Å². The van der Waals surface area contributed by atoms with Crippen LogP contribution in [0.15, 0.2) is 42.7 Å². The van der Waals surface area contributed by atoms with Gasteiger partial charge in [-0.05, 0) is 37.3 Å². The maximum Gasteiger partial charge on any atom is 0.234 e. The lowest BCUT2D eigenvalue weighted by Crippen LogP contribution is -2.38. The Morgan fingerprint density at radius 3 is 2.78 bits per heavy atom. The summed E-state index contributed by atoms with van der Waals surface area (Å²) >= 11 is 0. The van der Waals surface area contributed by atoms with Crippen molar-refractivity contribution >= 4 is 5.91 Å². The van der Waals surface area contributed by atoms with E-state index >= 15 is 0 Å². The molecule has 0 saturated heterocycles. The van der Waals surface area contributed by atoms with Crippen LogP contribution in [-0.2, 0) is 11.3 Å². The first kappa shape index (κ1) is 15.7. The molecule has 0 radical (unpaired) electrons. The fourth-order valence-electron chi connectivity index (χ4n) is 2.73. The van der Waals surface area contributed by atoms with Crippen LogP contribution in [0.2, 0.25) is 0 Å². The third kappa shape index (κ3) is 4.66. The van der Waals surface area contributed by atoms with Crippen LogP contribution in [0.5, 0.6) is 0 Å². The molecule has 0 spiro atoms. The fraction of sp³-hybridized carbons (Fsp3) is 0.444. The van der Waals surface area contributed by atoms with Crippen molar-refractivity contribution in [2.45, 2.75) is 32.4 Å². The van der Waals surface area contributed by atoms with Gasteiger partial charge in [0.1, 0.15) is 0 Å². The van der Waals surface area contributed by atoms with E-state index in [-0.39, 0.29) is 11.9 Å². The number of nitrogens with zero attached hydrogens (tertiary/aromatic N) is 2. The van der Waals surface area contributed by atoms with Gasteiger partial charge in [-0.15, -0.1) is 0 Å². The molecule has 2 aromatic rings. The van der Waals surface area contributed by atoms with Gasteiger partial charge < -0.3 is 10.6 Å². The Morgan fingerprint density at radius 1 is 1.35 bits per heavy atom. The van der Waals surface area contributed by atoms with E-state index in [4.69, 9.17) is 0 Å². The van der Waals surface area contributed by atoms with Gasteiger partial charge in [-0.25, -0.2) is 0 Å². The Kier molecular flexibility index (Phi) is 5.08. The van der Waals surface area contributed by atoms with Gasteiger partial charge >= 0.3 is 0 Å². The SMILES string of the molecule is Cc1ccc([C@@H](NC(=O)CNCCn2cccn2)C2CC2)cc1. The van der Waals surface area contributed by atoms with Crippen LogP contribution in [0.4, 0.5) is 0 Å². The van der Waals surface area contributed by atoms with Gasteiger partial charge in [-0.2, -0.15) is 5.10 Å². The van der Waals surface area contributed by atoms with Crippen molar-refractivity contribution in [3.8, 4) is 0 Å². The monoisotopic (exact) mass is 312 g/mol. The van der Waals surface area contributed by atoms with Gasteiger partial charge in [0.2, 0.25) is 5.91 Å². The second-order valence-electron chi connectivity index (χ2n) is 6.24. The Balaban J connectivity index is 1.46. The number of benzene rings is 1. The summed E-state index contributed by atoms with van der Waals surface area (Å²) in [6.07, 6.45) is 6.08. The summed E-state index contributed by atoms with van der Waals surface area (Å²) in [5.41, 5.74) is 2.46. The van der Waals surface area contributed by atoms with Crippen LogP contribution < -0.4 is 10.6 Å². The molecule has 0 unspecified atom stereocenters. The zero-order valence-electron chi connectivity index (χ0n) is 13.5. The topological polar surface area (TPSA) is 59.0 Å². The molecule has 0 bridgehead atoms. The number of carbonyl (C=O) groups is 1. The minimum absolute atomic E-state index is 0.0583. The van der Waals surface area contributed by atoms with Gasteiger partial charge in [0.15, 0.2) is 0 Å². The second kappa shape index (κ2) is 7.42. The number of aryl methyl sites for hydroxylation is 1. The van der Waals surface area contributed by atoms with Crippen molar-refractivity contribution < 1.29 is 4.79 Å². The molecule has 1 saturated carbocycles. The largest absolute Gasteiger partial charge is 0.348 e. The number of carbonyl (C=O) groups excluding carboxylic acids is 1. The fourth-order valence-corrected chi connectivity index (χ4v) is 2.73. The minimum atomic E-state index is 0.0583. The summed E-state index contributed by atoms with van der Waals surface area (Å²) in [7, 11) is 0. The van der Waals surface area contributed by atoms with Crippen molar-refractivity contribution in [2.24, 2.45) is 5.92 Å². The molecule has 2 N–H and O–H groups in total. The second-order valence-corrected chi connectivity index (χ2v) is 6.24. The van der Waals surface area contributed by atoms with Crippen LogP contribution in [0.3, 0.4) is 0 Å². The number of nitrogens with one attached hydrogen (secondary N) is 2. The first-order chi connectivity index (χ1) is 11.2. The van der Waals surface area contributed by atoms with Crippen LogP contribution in [0.1, 0.15) is 30.0 Å². The van der Waals surface area contributed by atoms with Gasteiger partial charge in [-0.3, -0.25) is 9.48 Å². The average molecular weight is 312 g/mol. The number of rotatable bonds is 8. The van der Waals surface area contributed by atoms with Crippen LogP contribution in [0.25, 0.3) is 0 Å². The van der Waals surface area contributed by atoms with Crippen LogP contribution in [-0.4, -0.2) is 28.8 Å². The van der Waals surface area contributed by atoms with Crippen molar-refractivity contribution in [3.05, 3.63) is 53.9 Å². The van der Waals surface area contributed by atoms with E-state index < -0.39 is 0 Å². The maximum atomic E-state index is 12.2. The number of hydrogen-bond acceptors (Lipinski definition) is 3. The highest BCUT2D eigenvalue weighted by Crippen LogP contribution is 2.40. The third-order valence-electron chi connectivity index (χ3n) is 4.21. The van der Waals surface area contributed by atoms with Crippen molar-refractivity contribution in [1.29, 1.82) is 0 Å². The molecule has 1 aromatic heterocycles. The molecular weight excluding hydrogens is 288 g/mol. The summed E-state index contributed by atoms with van der Waals surface area (Å²) in [6, 6.07) is 10.5.